The summed E-state index contributed by atoms with van der Waals surface area (Å²) < 4.78 is 27.1. The quantitative estimate of drug-likeness (QED) is 0.800. The lowest BCUT2D eigenvalue weighted by molar-refractivity contribution is 0.315. The fraction of sp³-hybridized carbons (Fsp3) is 0.167. The van der Waals surface area contributed by atoms with Crippen molar-refractivity contribution < 1.29 is 18.1 Å². The van der Waals surface area contributed by atoms with Crippen molar-refractivity contribution in [2.75, 3.05) is 12.4 Å². The van der Waals surface area contributed by atoms with Crippen LogP contribution < -0.4 is 0 Å². The molecule has 2 aromatic rings. The van der Waals surface area contributed by atoms with Gasteiger partial charge in [-0.25, -0.2) is 0 Å². The number of hydrogen-bond acceptors (Lipinski definition) is 3. The Kier molecular flexibility index (Phi) is 5.09. The van der Waals surface area contributed by atoms with Gasteiger partial charge in [-0.15, -0.1) is 0 Å². The Hall–Kier alpha value is -1.43. The van der Waals surface area contributed by atoms with Gasteiger partial charge in [0.1, 0.15) is 0 Å². The van der Waals surface area contributed by atoms with Crippen molar-refractivity contribution >= 4 is 20.9 Å². The van der Waals surface area contributed by atoms with E-state index in [9.17, 15) is 8.42 Å². The normalized spacial score (nSPS) is 10.7. The molecule has 0 saturated carbocycles. The summed E-state index contributed by atoms with van der Waals surface area (Å²) in [5, 5.41) is 10.5. The molecule has 2 N–H and O–H groups in total. The summed E-state index contributed by atoms with van der Waals surface area (Å²) in [7, 11) is -3.92. The van der Waals surface area contributed by atoms with Gasteiger partial charge in [0, 0.05) is 0 Å². The first-order chi connectivity index (χ1) is 8.03. The van der Waals surface area contributed by atoms with Crippen molar-refractivity contribution in [3.63, 3.8) is 0 Å². The number of fused-ring (bicyclic) bond motifs is 1. The highest BCUT2D eigenvalue weighted by molar-refractivity contribution is 7.85. The molecule has 2 rings (SSSR count). The Bertz CT molecular complexity index is 498. The average molecular weight is 254 g/mol. The van der Waals surface area contributed by atoms with Crippen LogP contribution in [0.3, 0.4) is 0 Å². The van der Waals surface area contributed by atoms with Crippen LogP contribution in [0.2, 0.25) is 0 Å². The number of aliphatic hydroxyl groups excluding tert-OH is 1. The zero-order chi connectivity index (χ0) is 12.7. The minimum absolute atomic E-state index is 0.529. The maximum absolute atomic E-state index is 9.63. The first kappa shape index (κ1) is 13.6. The molecule has 0 heterocycles. The number of hydrogen-bond donors (Lipinski definition) is 2. The van der Waals surface area contributed by atoms with Crippen LogP contribution in [0.15, 0.2) is 48.5 Å². The van der Waals surface area contributed by atoms with Gasteiger partial charge in [-0.2, -0.15) is 8.42 Å². The van der Waals surface area contributed by atoms with Crippen LogP contribution in [0, 0.1) is 0 Å². The van der Waals surface area contributed by atoms with Gasteiger partial charge >= 0.3 is 0 Å². The zero-order valence-electron chi connectivity index (χ0n) is 9.15. The fourth-order valence-corrected chi connectivity index (χ4v) is 1.48. The summed E-state index contributed by atoms with van der Waals surface area (Å²) in [4.78, 5) is 0. The first-order valence-electron chi connectivity index (χ1n) is 5.03. The summed E-state index contributed by atoms with van der Waals surface area (Å²) in [5.74, 6) is -0.576. The SMILES string of the molecule is O=S(=O)(O)CCO.c1ccc2ccccc2c1. The van der Waals surface area contributed by atoms with Gasteiger partial charge < -0.3 is 5.11 Å². The van der Waals surface area contributed by atoms with Crippen LogP contribution in [-0.2, 0) is 10.1 Å². The average Bonchev–Trinajstić information content (AvgIpc) is 2.28. The van der Waals surface area contributed by atoms with Gasteiger partial charge in [0.25, 0.3) is 10.1 Å². The highest BCUT2D eigenvalue weighted by Gasteiger charge is 1.99. The second-order valence-electron chi connectivity index (χ2n) is 3.36. The van der Waals surface area contributed by atoms with Gasteiger partial charge in [0.2, 0.25) is 0 Å². The van der Waals surface area contributed by atoms with Crippen LogP contribution in [0.4, 0.5) is 0 Å². The van der Waals surface area contributed by atoms with E-state index in [2.05, 4.69) is 48.5 Å². The van der Waals surface area contributed by atoms with E-state index in [0.29, 0.717) is 0 Å². The van der Waals surface area contributed by atoms with E-state index in [0.717, 1.165) is 0 Å². The van der Waals surface area contributed by atoms with Gasteiger partial charge in [-0.3, -0.25) is 4.55 Å². The molecule has 0 aliphatic carbocycles. The third-order valence-corrected chi connectivity index (χ3v) is 2.71. The molecule has 17 heavy (non-hydrogen) atoms. The minimum atomic E-state index is -3.92. The van der Waals surface area contributed by atoms with Gasteiger partial charge in [0.05, 0.1) is 12.4 Å². The summed E-state index contributed by atoms with van der Waals surface area (Å²) in [6.45, 7) is -0.529. The van der Waals surface area contributed by atoms with Crippen LogP contribution >= 0.6 is 0 Å². The standard InChI is InChI=1S/C10H8.C2H6O4S/c1-2-6-10-8-4-3-7-9(10)5-1;3-1-2-7(4,5)6/h1-8H;3H,1-2H2,(H,4,5,6). The molecule has 0 radical (unpaired) electrons. The molecule has 0 aromatic heterocycles. The lowest BCUT2D eigenvalue weighted by atomic mass is 10.1. The third-order valence-electron chi connectivity index (χ3n) is 2.01. The molecule has 0 amide bonds. The Balaban J connectivity index is 0.000000185. The molecule has 0 atom stereocenters. The maximum atomic E-state index is 9.63. The molecule has 0 unspecified atom stereocenters. The van der Waals surface area contributed by atoms with E-state index in [4.69, 9.17) is 9.66 Å². The highest BCUT2D eigenvalue weighted by Crippen LogP contribution is 2.11. The third kappa shape index (κ3) is 5.44. The number of benzene rings is 2. The summed E-state index contributed by atoms with van der Waals surface area (Å²) >= 11 is 0. The van der Waals surface area contributed by atoms with Gasteiger partial charge in [-0.05, 0) is 10.8 Å². The van der Waals surface area contributed by atoms with Crippen LogP contribution in [-0.4, -0.2) is 30.4 Å². The molecule has 0 saturated heterocycles. The number of aliphatic hydroxyl groups is 1. The molecule has 0 spiro atoms. The van der Waals surface area contributed by atoms with Gasteiger partial charge in [0.15, 0.2) is 0 Å². The smallest absolute Gasteiger partial charge is 0.267 e. The summed E-state index contributed by atoms with van der Waals surface area (Å²) in [6.07, 6.45) is 0. The predicted molar refractivity (Wildman–Crippen MR) is 67.4 cm³/mol. The van der Waals surface area contributed by atoms with Crippen LogP contribution in [0.1, 0.15) is 0 Å². The van der Waals surface area contributed by atoms with E-state index in [1.807, 2.05) is 0 Å². The van der Waals surface area contributed by atoms with Crippen LogP contribution in [0.5, 0.6) is 0 Å². The number of rotatable bonds is 2. The van der Waals surface area contributed by atoms with Crippen molar-refractivity contribution in [3.8, 4) is 0 Å². The Morgan fingerprint density at radius 2 is 1.24 bits per heavy atom. The largest absolute Gasteiger partial charge is 0.395 e. The Labute approximate surface area is 100 Å². The lowest BCUT2D eigenvalue weighted by Crippen LogP contribution is -2.06. The molecule has 4 nitrogen and oxygen atoms in total. The van der Waals surface area contributed by atoms with Crippen molar-refractivity contribution in [3.05, 3.63) is 48.5 Å². The van der Waals surface area contributed by atoms with E-state index in [1.165, 1.54) is 10.8 Å². The van der Waals surface area contributed by atoms with E-state index in [1.54, 1.807) is 0 Å². The topological polar surface area (TPSA) is 74.6 Å². The van der Waals surface area contributed by atoms with Crippen LogP contribution in [0.25, 0.3) is 10.8 Å². The minimum Gasteiger partial charge on any atom is -0.395 e. The van der Waals surface area contributed by atoms with Gasteiger partial charge in [-0.1, -0.05) is 48.5 Å². The van der Waals surface area contributed by atoms with E-state index >= 15 is 0 Å². The molecule has 92 valence electrons. The first-order valence-corrected chi connectivity index (χ1v) is 6.63. The Morgan fingerprint density at radius 1 is 0.882 bits per heavy atom. The van der Waals surface area contributed by atoms with E-state index in [-0.39, 0.29) is 0 Å². The summed E-state index contributed by atoms with van der Waals surface area (Å²) in [6, 6.07) is 16.7. The summed E-state index contributed by atoms with van der Waals surface area (Å²) in [5.41, 5.74) is 0. The highest BCUT2D eigenvalue weighted by atomic mass is 32.2. The van der Waals surface area contributed by atoms with Crippen molar-refractivity contribution in [1.29, 1.82) is 0 Å². The molecular weight excluding hydrogens is 240 g/mol. The second-order valence-corrected chi connectivity index (χ2v) is 4.93. The zero-order valence-corrected chi connectivity index (χ0v) is 9.97. The molecule has 0 aliphatic heterocycles. The molecule has 0 bridgehead atoms. The Morgan fingerprint density at radius 3 is 1.41 bits per heavy atom. The second kappa shape index (κ2) is 6.34. The molecule has 0 aliphatic rings. The van der Waals surface area contributed by atoms with Crippen molar-refractivity contribution in [2.24, 2.45) is 0 Å². The molecule has 5 heteroatoms. The molecule has 2 aromatic carbocycles. The van der Waals surface area contributed by atoms with Crippen molar-refractivity contribution in [2.45, 2.75) is 0 Å². The fourth-order valence-electron chi connectivity index (χ4n) is 1.25. The predicted octanol–water partition coefficient (Wildman–Crippen LogP) is 1.71. The van der Waals surface area contributed by atoms with E-state index < -0.39 is 22.5 Å². The lowest BCUT2D eigenvalue weighted by Gasteiger charge is -1.92. The monoisotopic (exact) mass is 254 g/mol. The molecule has 0 fully saturated rings. The van der Waals surface area contributed by atoms with Crippen molar-refractivity contribution in [1.82, 2.24) is 0 Å². The maximum Gasteiger partial charge on any atom is 0.267 e. The molecular formula is C12H14O4S.